The lowest BCUT2D eigenvalue weighted by molar-refractivity contribution is 0.184. The second-order valence-corrected chi connectivity index (χ2v) is 2.78. The molecule has 1 N–H and O–H groups in total. The normalized spacial score (nSPS) is 10.1. The van der Waals surface area contributed by atoms with Crippen molar-refractivity contribution < 1.29 is 14.6 Å². The van der Waals surface area contributed by atoms with E-state index in [2.05, 4.69) is 0 Å². The third-order valence-electron chi connectivity index (χ3n) is 1.76. The Labute approximate surface area is 77.9 Å². The molecule has 0 bridgehead atoms. The van der Waals surface area contributed by atoms with Gasteiger partial charge in [0.1, 0.15) is 5.75 Å². The van der Waals surface area contributed by atoms with Crippen molar-refractivity contribution in [2.45, 2.75) is 13.2 Å². The van der Waals surface area contributed by atoms with E-state index in [4.69, 9.17) is 14.6 Å². The van der Waals surface area contributed by atoms with Gasteiger partial charge in [-0.1, -0.05) is 6.07 Å². The van der Waals surface area contributed by atoms with Crippen LogP contribution in [0.25, 0.3) is 0 Å². The van der Waals surface area contributed by atoms with Crippen LogP contribution >= 0.6 is 0 Å². The molecule has 0 heterocycles. The standard InChI is InChI=1S/C10H14O3/c1-12-7-9-3-8(6-11)4-10(5-9)13-2/h3-5,11H,6-7H2,1-2H3. The highest BCUT2D eigenvalue weighted by atomic mass is 16.5. The van der Waals surface area contributed by atoms with Gasteiger partial charge in [0.2, 0.25) is 0 Å². The average molecular weight is 182 g/mol. The lowest BCUT2D eigenvalue weighted by Crippen LogP contribution is -1.93. The minimum Gasteiger partial charge on any atom is -0.497 e. The van der Waals surface area contributed by atoms with E-state index in [-0.39, 0.29) is 6.61 Å². The van der Waals surface area contributed by atoms with Crippen molar-refractivity contribution in [3.05, 3.63) is 29.3 Å². The Morgan fingerprint density at radius 2 is 1.85 bits per heavy atom. The Bertz CT molecular complexity index is 249. The molecule has 0 saturated carbocycles. The molecule has 0 aliphatic heterocycles. The van der Waals surface area contributed by atoms with Crippen LogP contribution in [-0.2, 0) is 18.0 Å². The van der Waals surface area contributed by atoms with Crippen molar-refractivity contribution in [1.82, 2.24) is 0 Å². The van der Waals surface area contributed by atoms with Gasteiger partial charge in [0, 0.05) is 7.11 Å². The molecule has 0 atom stereocenters. The fraction of sp³-hybridized carbons (Fsp3) is 0.400. The summed E-state index contributed by atoms with van der Waals surface area (Å²) in [5.41, 5.74) is 1.84. The van der Waals surface area contributed by atoms with Gasteiger partial charge in [-0.25, -0.2) is 0 Å². The maximum absolute atomic E-state index is 8.95. The Balaban J connectivity index is 2.93. The van der Waals surface area contributed by atoms with Gasteiger partial charge in [-0.15, -0.1) is 0 Å². The number of aliphatic hydroxyl groups is 1. The van der Waals surface area contributed by atoms with Crippen LogP contribution in [0, 0.1) is 0 Å². The summed E-state index contributed by atoms with van der Waals surface area (Å²) in [6.07, 6.45) is 0. The predicted molar refractivity (Wildman–Crippen MR) is 49.6 cm³/mol. The highest BCUT2D eigenvalue weighted by Crippen LogP contribution is 2.17. The molecule has 1 rings (SSSR count). The molecule has 0 unspecified atom stereocenters. The lowest BCUT2D eigenvalue weighted by Gasteiger charge is -2.06. The molecular weight excluding hydrogens is 168 g/mol. The molecule has 0 aromatic heterocycles. The van der Waals surface area contributed by atoms with Crippen molar-refractivity contribution in [1.29, 1.82) is 0 Å². The molecule has 1 aromatic carbocycles. The molecule has 0 aliphatic rings. The fourth-order valence-corrected chi connectivity index (χ4v) is 1.19. The number of methoxy groups -OCH3 is 2. The molecule has 0 saturated heterocycles. The first-order valence-electron chi connectivity index (χ1n) is 4.06. The minimum absolute atomic E-state index is 0.0217. The Hall–Kier alpha value is -1.06. The molecule has 0 fully saturated rings. The number of hydrogen-bond donors (Lipinski definition) is 1. The summed E-state index contributed by atoms with van der Waals surface area (Å²) in [7, 11) is 3.24. The van der Waals surface area contributed by atoms with Gasteiger partial charge in [-0.3, -0.25) is 0 Å². The van der Waals surface area contributed by atoms with Crippen LogP contribution in [0.4, 0.5) is 0 Å². The van der Waals surface area contributed by atoms with Gasteiger partial charge < -0.3 is 14.6 Å². The topological polar surface area (TPSA) is 38.7 Å². The summed E-state index contributed by atoms with van der Waals surface area (Å²) in [6, 6.07) is 5.59. The van der Waals surface area contributed by atoms with Crippen LogP contribution in [-0.4, -0.2) is 19.3 Å². The van der Waals surface area contributed by atoms with Gasteiger partial charge in [0.25, 0.3) is 0 Å². The Morgan fingerprint density at radius 3 is 2.38 bits per heavy atom. The summed E-state index contributed by atoms with van der Waals surface area (Å²) < 4.78 is 10.1. The van der Waals surface area contributed by atoms with Crippen LogP contribution in [0.5, 0.6) is 5.75 Å². The van der Waals surface area contributed by atoms with Crippen LogP contribution < -0.4 is 4.74 Å². The maximum Gasteiger partial charge on any atom is 0.119 e. The monoisotopic (exact) mass is 182 g/mol. The van der Waals surface area contributed by atoms with Crippen molar-refractivity contribution in [2.24, 2.45) is 0 Å². The summed E-state index contributed by atoms with van der Waals surface area (Å²) in [5.74, 6) is 0.749. The molecule has 3 nitrogen and oxygen atoms in total. The number of ether oxygens (including phenoxy) is 2. The van der Waals surface area contributed by atoms with E-state index >= 15 is 0 Å². The van der Waals surface area contributed by atoms with Crippen LogP contribution in [0.2, 0.25) is 0 Å². The van der Waals surface area contributed by atoms with Crippen molar-refractivity contribution >= 4 is 0 Å². The van der Waals surface area contributed by atoms with E-state index in [9.17, 15) is 0 Å². The summed E-state index contributed by atoms with van der Waals surface area (Å²) in [5, 5.41) is 8.95. The van der Waals surface area contributed by atoms with E-state index in [1.54, 1.807) is 20.3 Å². The molecule has 13 heavy (non-hydrogen) atoms. The van der Waals surface area contributed by atoms with Gasteiger partial charge in [0.05, 0.1) is 20.3 Å². The quantitative estimate of drug-likeness (QED) is 0.763. The van der Waals surface area contributed by atoms with Crippen molar-refractivity contribution in [2.75, 3.05) is 14.2 Å². The average Bonchev–Trinajstić information content (AvgIpc) is 2.17. The third kappa shape index (κ3) is 2.72. The van der Waals surface area contributed by atoms with E-state index in [1.165, 1.54) is 0 Å². The van der Waals surface area contributed by atoms with Gasteiger partial charge in [0.15, 0.2) is 0 Å². The molecule has 72 valence electrons. The first kappa shape index (κ1) is 10.0. The predicted octanol–water partition coefficient (Wildman–Crippen LogP) is 1.33. The van der Waals surface area contributed by atoms with Gasteiger partial charge >= 0.3 is 0 Å². The van der Waals surface area contributed by atoms with Gasteiger partial charge in [-0.2, -0.15) is 0 Å². The molecule has 0 spiro atoms. The number of hydrogen-bond acceptors (Lipinski definition) is 3. The number of aliphatic hydroxyl groups excluding tert-OH is 1. The fourth-order valence-electron chi connectivity index (χ4n) is 1.19. The molecule has 1 aromatic rings. The summed E-state index contributed by atoms with van der Waals surface area (Å²) in [6.45, 7) is 0.554. The zero-order chi connectivity index (χ0) is 9.68. The molecule has 3 heteroatoms. The summed E-state index contributed by atoms with van der Waals surface area (Å²) >= 11 is 0. The third-order valence-corrected chi connectivity index (χ3v) is 1.76. The lowest BCUT2D eigenvalue weighted by atomic mass is 10.1. The van der Waals surface area contributed by atoms with Gasteiger partial charge in [-0.05, 0) is 23.3 Å². The Morgan fingerprint density at radius 1 is 1.15 bits per heavy atom. The first-order chi connectivity index (χ1) is 6.30. The minimum atomic E-state index is 0.0217. The smallest absolute Gasteiger partial charge is 0.119 e. The molecular formula is C10H14O3. The van der Waals surface area contributed by atoms with E-state index in [1.807, 2.05) is 12.1 Å². The van der Waals surface area contributed by atoms with Crippen LogP contribution in [0.15, 0.2) is 18.2 Å². The molecule has 0 aliphatic carbocycles. The highest BCUT2D eigenvalue weighted by Gasteiger charge is 1.99. The second-order valence-electron chi connectivity index (χ2n) is 2.78. The van der Waals surface area contributed by atoms with E-state index in [0.29, 0.717) is 6.61 Å². The van der Waals surface area contributed by atoms with E-state index in [0.717, 1.165) is 16.9 Å². The van der Waals surface area contributed by atoms with Crippen molar-refractivity contribution in [3.8, 4) is 5.75 Å². The highest BCUT2D eigenvalue weighted by molar-refractivity contribution is 5.33. The SMILES string of the molecule is COCc1cc(CO)cc(OC)c1. The second kappa shape index (κ2) is 4.84. The maximum atomic E-state index is 8.95. The molecule has 0 amide bonds. The zero-order valence-corrected chi connectivity index (χ0v) is 7.91. The summed E-state index contributed by atoms with van der Waals surface area (Å²) in [4.78, 5) is 0. The first-order valence-corrected chi connectivity index (χ1v) is 4.06. The number of benzene rings is 1. The van der Waals surface area contributed by atoms with Crippen LogP contribution in [0.1, 0.15) is 11.1 Å². The number of rotatable bonds is 4. The Kier molecular flexibility index (Phi) is 3.73. The van der Waals surface area contributed by atoms with Crippen molar-refractivity contribution in [3.63, 3.8) is 0 Å². The zero-order valence-electron chi connectivity index (χ0n) is 7.91. The molecule has 0 radical (unpaired) electrons. The van der Waals surface area contributed by atoms with E-state index < -0.39 is 0 Å². The van der Waals surface area contributed by atoms with Crippen LogP contribution in [0.3, 0.4) is 0 Å². The largest absolute Gasteiger partial charge is 0.497 e.